The lowest BCUT2D eigenvalue weighted by molar-refractivity contribution is -0.178. The molecule has 1 spiro atoms. The molecular formula is C16H21N5O2. The molecule has 1 unspecified atom stereocenters. The summed E-state index contributed by atoms with van der Waals surface area (Å²) in [6.07, 6.45) is 3.80. The number of hydrogen-bond acceptors (Lipinski definition) is 6. The molecule has 0 bridgehead atoms. The van der Waals surface area contributed by atoms with Crippen molar-refractivity contribution < 1.29 is 9.47 Å². The molecule has 2 aromatic heterocycles. The Morgan fingerprint density at radius 1 is 1.13 bits per heavy atom. The van der Waals surface area contributed by atoms with Gasteiger partial charge in [-0.3, -0.25) is 0 Å². The summed E-state index contributed by atoms with van der Waals surface area (Å²) >= 11 is 0. The highest BCUT2D eigenvalue weighted by atomic mass is 16.7. The summed E-state index contributed by atoms with van der Waals surface area (Å²) in [7, 11) is 0. The van der Waals surface area contributed by atoms with Gasteiger partial charge in [0.05, 0.1) is 18.4 Å². The van der Waals surface area contributed by atoms with E-state index in [0.717, 1.165) is 43.3 Å². The number of aryl methyl sites for hydroxylation is 1. The Bertz CT molecular complexity index is 676. The van der Waals surface area contributed by atoms with Crippen LogP contribution in [0.5, 0.6) is 0 Å². The second kappa shape index (κ2) is 5.58. The van der Waals surface area contributed by atoms with Crippen molar-refractivity contribution in [3.05, 3.63) is 30.1 Å². The first-order valence-electron chi connectivity index (χ1n) is 8.07. The summed E-state index contributed by atoms with van der Waals surface area (Å²) in [6, 6.07) is 5.89. The van der Waals surface area contributed by atoms with Crippen LogP contribution in [0.1, 0.15) is 25.5 Å². The van der Waals surface area contributed by atoms with Crippen LogP contribution in [0.2, 0.25) is 0 Å². The molecule has 0 aliphatic carbocycles. The van der Waals surface area contributed by atoms with Crippen LogP contribution in [-0.2, 0) is 9.47 Å². The standard InChI is InChI=1S/C16H21N5O2/c1-12-5-8-21(19-12)15-4-3-14(17-18-15)20-9-6-16(7-10-20)22-11-13(2)23-16/h3-5,8,13H,6-7,9-11H2,1-2H3. The topological polar surface area (TPSA) is 65.3 Å². The van der Waals surface area contributed by atoms with E-state index in [1.807, 2.05) is 31.3 Å². The lowest BCUT2D eigenvalue weighted by Gasteiger charge is -2.38. The minimum atomic E-state index is -0.379. The van der Waals surface area contributed by atoms with Crippen molar-refractivity contribution in [3.63, 3.8) is 0 Å². The van der Waals surface area contributed by atoms with Crippen molar-refractivity contribution in [1.29, 1.82) is 0 Å². The van der Waals surface area contributed by atoms with Gasteiger partial charge >= 0.3 is 0 Å². The summed E-state index contributed by atoms with van der Waals surface area (Å²) in [6.45, 7) is 6.43. The van der Waals surface area contributed by atoms with Gasteiger partial charge in [-0.25, -0.2) is 4.68 Å². The van der Waals surface area contributed by atoms with E-state index in [1.54, 1.807) is 4.68 Å². The Balaban J connectivity index is 1.43. The second-order valence-corrected chi connectivity index (χ2v) is 6.29. The molecule has 0 radical (unpaired) electrons. The van der Waals surface area contributed by atoms with Gasteiger partial charge in [0.15, 0.2) is 17.4 Å². The third kappa shape index (κ3) is 2.82. The van der Waals surface area contributed by atoms with Crippen molar-refractivity contribution in [1.82, 2.24) is 20.0 Å². The Kier molecular flexibility index (Phi) is 3.54. The van der Waals surface area contributed by atoms with E-state index in [1.165, 1.54) is 0 Å². The Morgan fingerprint density at radius 2 is 1.87 bits per heavy atom. The molecule has 0 amide bonds. The number of aromatic nitrogens is 4. The first-order valence-corrected chi connectivity index (χ1v) is 8.07. The quantitative estimate of drug-likeness (QED) is 0.840. The molecule has 7 nitrogen and oxygen atoms in total. The zero-order valence-electron chi connectivity index (χ0n) is 13.5. The molecule has 4 heterocycles. The van der Waals surface area contributed by atoms with Crippen LogP contribution < -0.4 is 4.90 Å². The lowest BCUT2D eigenvalue weighted by Crippen LogP contribution is -2.45. The van der Waals surface area contributed by atoms with Crippen LogP contribution in [0.25, 0.3) is 5.82 Å². The number of nitrogens with zero attached hydrogens (tertiary/aromatic N) is 5. The zero-order valence-corrected chi connectivity index (χ0v) is 13.5. The van der Waals surface area contributed by atoms with E-state index in [2.05, 4.69) is 27.1 Å². The molecule has 2 aromatic rings. The highest BCUT2D eigenvalue weighted by Crippen LogP contribution is 2.34. The largest absolute Gasteiger partial charge is 0.355 e. The van der Waals surface area contributed by atoms with Crippen molar-refractivity contribution in [2.45, 2.75) is 38.6 Å². The number of anilines is 1. The van der Waals surface area contributed by atoms with Gasteiger partial charge < -0.3 is 14.4 Å². The van der Waals surface area contributed by atoms with Crippen LogP contribution in [0, 0.1) is 6.92 Å². The van der Waals surface area contributed by atoms with Crippen LogP contribution in [0.3, 0.4) is 0 Å². The monoisotopic (exact) mass is 315 g/mol. The minimum Gasteiger partial charge on any atom is -0.355 e. The smallest absolute Gasteiger partial charge is 0.175 e. The molecule has 2 fully saturated rings. The Morgan fingerprint density at radius 3 is 2.43 bits per heavy atom. The fraction of sp³-hybridized carbons (Fsp3) is 0.562. The first kappa shape index (κ1) is 14.6. The Hall–Kier alpha value is -1.99. The SMILES string of the molecule is Cc1ccn(-c2ccc(N3CCC4(CC3)OCC(C)O4)nn2)n1. The third-order valence-electron chi connectivity index (χ3n) is 4.44. The van der Waals surface area contributed by atoms with Gasteiger partial charge in [-0.1, -0.05) is 0 Å². The van der Waals surface area contributed by atoms with Crippen LogP contribution in [-0.4, -0.2) is 51.6 Å². The van der Waals surface area contributed by atoms with E-state index in [4.69, 9.17) is 9.47 Å². The molecule has 0 saturated carbocycles. The van der Waals surface area contributed by atoms with E-state index < -0.39 is 0 Å². The molecule has 7 heteroatoms. The lowest BCUT2D eigenvalue weighted by atomic mass is 10.0. The summed E-state index contributed by atoms with van der Waals surface area (Å²) in [5, 5.41) is 13.0. The second-order valence-electron chi connectivity index (χ2n) is 6.29. The average Bonchev–Trinajstić information content (AvgIpc) is 3.15. The van der Waals surface area contributed by atoms with Gasteiger partial charge in [0.1, 0.15) is 0 Å². The van der Waals surface area contributed by atoms with Crippen LogP contribution >= 0.6 is 0 Å². The number of rotatable bonds is 2. The van der Waals surface area contributed by atoms with Crippen LogP contribution in [0.4, 0.5) is 5.82 Å². The molecule has 0 N–H and O–H groups in total. The van der Waals surface area contributed by atoms with Crippen molar-refractivity contribution in [2.24, 2.45) is 0 Å². The van der Waals surface area contributed by atoms with E-state index in [0.29, 0.717) is 6.61 Å². The zero-order chi connectivity index (χ0) is 15.9. The predicted octanol–water partition coefficient (Wildman–Crippen LogP) is 1.70. The number of ether oxygens (including phenoxy) is 2. The van der Waals surface area contributed by atoms with Gasteiger partial charge in [-0.15, -0.1) is 10.2 Å². The van der Waals surface area contributed by atoms with Crippen molar-refractivity contribution >= 4 is 5.82 Å². The minimum absolute atomic E-state index is 0.193. The normalized spacial score (nSPS) is 23.6. The predicted molar refractivity (Wildman–Crippen MR) is 84.6 cm³/mol. The van der Waals surface area contributed by atoms with Gasteiger partial charge in [0, 0.05) is 32.1 Å². The molecule has 4 rings (SSSR count). The number of piperidine rings is 1. The molecule has 122 valence electrons. The molecule has 0 aromatic carbocycles. The van der Waals surface area contributed by atoms with E-state index in [9.17, 15) is 0 Å². The molecule has 2 aliphatic heterocycles. The number of hydrogen-bond donors (Lipinski definition) is 0. The van der Waals surface area contributed by atoms with Gasteiger partial charge in [-0.2, -0.15) is 5.10 Å². The highest BCUT2D eigenvalue weighted by Gasteiger charge is 2.42. The fourth-order valence-corrected chi connectivity index (χ4v) is 3.19. The highest BCUT2D eigenvalue weighted by molar-refractivity contribution is 5.40. The summed E-state index contributed by atoms with van der Waals surface area (Å²) in [5.41, 5.74) is 0.961. The average molecular weight is 315 g/mol. The molecule has 2 saturated heterocycles. The maximum absolute atomic E-state index is 5.96. The summed E-state index contributed by atoms with van der Waals surface area (Å²) in [5.74, 6) is 1.24. The first-order chi connectivity index (χ1) is 11.1. The van der Waals surface area contributed by atoms with Gasteiger partial charge in [-0.05, 0) is 32.0 Å². The van der Waals surface area contributed by atoms with Gasteiger partial charge in [0.2, 0.25) is 0 Å². The molecule has 2 aliphatic rings. The van der Waals surface area contributed by atoms with Gasteiger partial charge in [0.25, 0.3) is 0 Å². The Labute approximate surface area is 135 Å². The van der Waals surface area contributed by atoms with E-state index in [-0.39, 0.29) is 11.9 Å². The van der Waals surface area contributed by atoms with Crippen molar-refractivity contribution in [3.8, 4) is 5.82 Å². The third-order valence-corrected chi connectivity index (χ3v) is 4.44. The van der Waals surface area contributed by atoms with Crippen LogP contribution in [0.15, 0.2) is 24.4 Å². The van der Waals surface area contributed by atoms with E-state index >= 15 is 0 Å². The summed E-state index contributed by atoms with van der Waals surface area (Å²) < 4.78 is 13.6. The van der Waals surface area contributed by atoms with Crippen molar-refractivity contribution in [2.75, 3.05) is 24.6 Å². The molecule has 1 atom stereocenters. The fourth-order valence-electron chi connectivity index (χ4n) is 3.19. The maximum atomic E-state index is 5.96. The molecular weight excluding hydrogens is 294 g/mol. The maximum Gasteiger partial charge on any atom is 0.175 e. The summed E-state index contributed by atoms with van der Waals surface area (Å²) in [4.78, 5) is 2.23. The molecule has 23 heavy (non-hydrogen) atoms.